The number of benzene rings is 3. The number of thioether (sulfide) groups is 1. The number of rotatable bonds is 9. The Kier molecular flexibility index (Phi) is 8.58. The summed E-state index contributed by atoms with van der Waals surface area (Å²) in [4.78, 5) is 19.7. The van der Waals surface area contributed by atoms with Gasteiger partial charge >= 0.3 is 0 Å². The Bertz CT molecular complexity index is 1500. The number of fused-ring (bicyclic) bond motifs is 1. The van der Waals surface area contributed by atoms with E-state index in [9.17, 15) is 13.6 Å². The molecule has 208 valence electrons. The first-order valence-corrected chi connectivity index (χ1v) is 14.2. The molecule has 1 aromatic heterocycles. The molecule has 4 aromatic rings. The van der Waals surface area contributed by atoms with Crippen LogP contribution < -0.4 is 15.8 Å². The molecule has 1 aliphatic rings. The summed E-state index contributed by atoms with van der Waals surface area (Å²) in [7, 11) is 1.63. The zero-order chi connectivity index (χ0) is 28.2. The van der Waals surface area contributed by atoms with Crippen molar-refractivity contribution in [3.63, 3.8) is 0 Å². The second kappa shape index (κ2) is 12.3. The number of imidazole rings is 1. The number of anilines is 2. The molecule has 5 rings (SSSR count). The Morgan fingerprint density at radius 2 is 1.88 bits per heavy atom. The van der Waals surface area contributed by atoms with Gasteiger partial charge in [-0.3, -0.25) is 4.79 Å². The monoisotopic (exact) mass is 583 g/mol. The molecule has 1 atom stereocenters. The fourth-order valence-electron chi connectivity index (χ4n) is 4.50. The normalized spacial score (nSPS) is 13.6. The first-order valence-electron chi connectivity index (χ1n) is 12.6. The number of methoxy groups -OCH3 is 1. The number of nitrogens with zero attached hydrogens (tertiary/aromatic N) is 3. The summed E-state index contributed by atoms with van der Waals surface area (Å²) in [6.45, 7) is 1.16. The molecule has 0 fully saturated rings. The van der Waals surface area contributed by atoms with Gasteiger partial charge in [-0.1, -0.05) is 23.7 Å². The van der Waals surface area contributed by atoms with E-state index in [2.05, 4.69) is 5.32 Å². The Balaban J connectivity index is 1.31. The van der Waals surface area contributed by atoms with Gasteiger partial charge < -0.3 is 25.3 Å². The number of nitrogens with one attached hydrogen (secondary N) is 1. The van der Waals surface area contributed by atoms with Crippen molar-refractivity contribution in [1.29, 1.82) is 0 Å². The molecule has 0 bridgehead atoms. The highest BCUT2D eigenvalue weighted by Gasteiger charge is 2.29. The number of amides is 1. The number of halogens is 3. The summed E-state index contributed by atoms with van der Waals surface area (Å²) in [6, 6.07) is 17.6. The van der Waals surface area contributed by atoms with Crippen LogP contribution in [0.1, 0.15) is 11.4 Å². The molecule has 11 heteroatoms. The quantitative estimate of drug-likeness (QED) is 0.258. The summed E-state index contributed by atoms with van der Waals surface area (Å²) in [5, 5.41) is 3.27. The van der Waals surface area contributed by atoms with E-state index in [4.69, 9.17) is 27.1 Å². The van der Waals surface area contributed by atoms with Crippen molar-refractivity contribution in [3.05, 3.63) is 94.8 Å². The highest BCUT2D eigenvalue weighted by molar-refractivity contribution is 7.98. The van der Waals surface area contributed by atoms with Crippen LogP contribution >= 0.6 is 23.4 Å². The smallest absolute Gasteiger partial charge is 0.240 e. The molecule has 7 nitrogen and oxygen atoms in total. The number of nitrogens with two attached hydrogens (primary N) is 1. The lowest BCUT2D eigenvalue weighted by molar-refractivity contribution is -0.133. The summed E-state index contributed by atoms with van der Waals surface area (Å²) in [6.07, 6.45) is 0. The van der Waals surface area contributed by atoms with Crippen LogP contribution in [-0.2, 0) is 23.6 Å². The molecule has 1 unspecified atom stereocenters. The molecule has 3 N–H and O–H groups in total. The van der Waals surface area contributed by atoms with Gasteiger partial charge in [-0.05, 0) is 60.2 Å². The fraction of sp³-hybridized carbons (Fsp3) is 0.241. The van der Waals surface area contributed by atoms with Crippen LogP contribution in [0.4, 0.5) is 20.3 Å². The number of carbonyl (C=O) groups is 1. The third kappa shape index (κ3) is 6.24. The van der Waals surface area contributed by atoms with Crippen molar-refractivity contribution in [2.45, 2.75) is 24.9 Å². The Morgan fingerprint density at radius 3 is 2.58 bits per heavy atom. The van der Waals surface area contributed by atoms with Gasteiger partial charge in [-0.15, -0.1) is 0 Å². The zero-order valence-electron chi connectivity index (χ0n) is 21.7. The standard InChI is InChI=1S/C29H28ClF2N5O2S/c1-39-22-9-2-18(3-10-22)16-40-17-25(33)29(38)36-12-13-37-26(15-36)35-27(19-4-6-20(31)7-5-19)28(37)34-21-8-11-23(30)24(32)14-21/h2-11,14,25,34H,12-13,15-17,33H2,1H3. The van der Waals surface area contributed by atoms with Gasteiger partial charge in [0, 0.05) is 35.8 Å². The first kappa shape index (κ1) is 27.9. The topological polar surface area (TPSA) is 85.4 Å². The van der Waals surface area contributed by atoms with Gasteiger partial charge in [0.15, 0.2) is 0 Å². The van der Waals surface area contributed by atoms with E-state index in [1.165, 1.54) is 24.3 Å². The van der Waals surface area contributed by atoms with Crippen LogP contribution in [0.3, 0.4) is 0 Å². The lowest BCUT2D eigenvalue weighted by Gasteiger charge is -2.30. The van der Waals surface area contributed by atoms with Gasteiger partial charge in [-0.25, -0.2) is 13.8 Å². The van der Waals surface area contributed by atoms with Crippen molar-refractivity contribution in [2.24, 2.45) is 5.73 Å². The minimum atomic E-state index is -0.657. The number of hydrogen-bond acceptors (Lipinski definition) is 6. The van der Waals surface area contributed by atoms with E-state index in [1.54, 1.807) is 42.0 Å². The van der Waals surface area contributed by atoms with E-state index in [0.29, 0.717) is 47.4 Å². The minimum Gasteiger partial charge on any atom is -0.497 e. The molecule has 0 aliphatic carbocycles. The lowest BCUT2D eigenvalue weighted by atomic mass is 10.1. The largest absolute Gasteiger partial charge is 0.497 e. The maximum atomic E-state index is 14.1. The highest BCUT2D eigenvalue weighted by Crippen LogP contribution is 2.34. The molecule has 1 aliphatic heterocycles. The molecule has 40 heavy (non-hydrogen) atoms. The van der Waals surface area contributed by atoms with Crippen LogP contribution in [0.5, 0.6) is 5.75 Å². The second-order valence-electron chi connectivity index (χ2n) is 9.37. The van der Waals surface area contributed by atoms with Gasteiger partial charge in [0.25, 0.3) is 0 Å². The lowest BCUT2D eigenvalue weighted by Crippen LogP contribution is -2.48. The molecule has 2 heterocycles. The highest BCUT2D eigenvalue weighted by atomic mass is 35.5. The Labute approximate surface area is 240 Å². The van der Waals surface area contributed by atoms with Gasteiger partial charge in [0.1, 0.15) is 34.7 Å². The van der Waals surface area contributed by atoms with Gasteiger partial charge in [0.2, 0.25) is 5.91 Å². The molecular weight excluding hydrogens is 556 g/mol. The second-order valence-corrected chi connectivity index (χ2v) is 10.8. The van der Waals surface area contributed by atoms with Crippen molar-refractivity contribution in [3.8, 4) is 17.0 Å². The van der Waals surface area contributed by atoms with Gasteiger partial charge in [0.05, 0.1) is 24.7 Å². The van der Waals surface area contributed by atoms with Crippen molar-refractivity contribution < 1.29 is 18.3 Å². The minimum absolute atomic E-state index is 0.0206. The van der Waals surface area contributed by atoms with Crippen molar-refractivity contribution >= 4 is 40.8 Å². The van der Waals surface area contributed by atoms with E-state index >= 15 is 0 Å². The average molecular weight is 584 g/mol. The molecule has 0 saturated heterocycles. The van der Waals surface area contributed by atoms with E-state index in [1.807, 2.05) is 28.8 Å². The molecule has 0 saturated carbocycles. The molecule has 0 radical (unpaired) electrons. The van der Waals surface area contributed by atoms with E-state index in [-0.39, 0.29) is 23.3 Å². The molecule has 3 aromatic carbocycles. The predicted molar refractivity (Wildman–Crippen MR) is 155 cm³/mol. The fourth-order valence-corrected chi connectivity index (χ4v) is 5.56. The summed E-state index contributed by atoms with van der Waals surface area (Å²) in [5.41, 5.74) is 9.16. The third-order valence-electron chi connectivity index (χ3n) is 6.63. The first-order chi connectivity index (χ1) is 19.3. The van der Waals surface area contributed by atoms with Gasteiger partial charge in [-0.2, -0.15) is 11.8 Å². The van der Waals surface area contributed by atoms with Crippen molar-refractivity contribution in [2.75, 3.05) is 24.7 Å². The van der Waals surface area contributed by atoms with E-state index in [0.717, 1.165) is 17.1 Å². The molecular formula is C29H28ClF2N5O2S. The number of aromatic nitrogens is 2. The van der Waals surface area contributed by atoms with Crippen LogP contribution in [0.2, 0.25) is 5.02 Å². The SMILES string of the molecule is COc1ccc(CSCC(N)C(=O)N2CCn3c(nc(-c4ccc(F)cc4)c3Nc3ccc(Cl)c(F)c3)C2)cc1. The maximum absolute atomic E-state index is 14.1. The zero-order valence-corrected chi connectivity index (χ0v) is 23.3. The summed E-state index contributed by atoms with van der Waals surface area (Å²) in [5.74, 6) is 2.22. The molecule has 1 amide bonds. The maximum Gasteiger partial charge on any atom is 0.240 e. The van der Waals surface area contributed by atoms with Crippen LogP contribution in [0.15, 0.2) is 66.7 Å². The van der Waals surface area contributed by atoms with Crippen LogP contribution in [-0.4, -0.2) is 45.8 Å². The number of ether oxygens (including phenoxy) is 1. The summed E-state index contributed by atoms with van der Waals surface area (Å²) >= 11 is 7.45. The van der Waals surface area contributed by atoms with Crippen molar-refractivity contribution in [1.82, 2.24) is 14.5 Å². The third-order valence-corrected chi connectivity index (χ3v) is 8.07. The average Bonchev–Trinajstić information content (AvgIpc) is 3.32. The summed E-state index contributed by atoms with van der Waals surface area (Å²) < 4.78 is 34.9. The predicted octanol–water partition coefficient (Wildman–Crippen LogP) is 5.84. The Morgan fingerprint density at radius 1 is 1.12 bits per heavy atom. The number of carbonyl (C=O) groups excluding carboxylic acids is 1. The van der Waals surface area contributed by atoms with E-state index < -0.39 is 11.9 Å². The van der Waals surface area contributed by atoms with Crippen LogP contribution in [0.25, 0.3) is 11.3 Å². The Hall–Kier alpha value is -3.60. The molecule has 0 spiro atoms. The number of hydrogen-bond donors (Lipinski definition) is 2. The van der Waals surface area contributed by atoms with Crippen LogP contribution in [0, 0.1) is 11.6 Å².